The molecule has 1 atom stereocenters. The molecule has 0 saturated heterocycles. The second-order valence-electron chi connectivity index (χ2n) is 3.69. The van der Waals surface area contributed by atoms with Crippen LogP contribution in [0.15, 0.2) is 29.3 Å². The lowest BCUT2D eigenvalue weighted by Crippen LogP contribution is -2.10. The van der Waals surface area contributed by atoms with Gasteiger partial charge in [-0.2, -0.15) is 0 Å². The second-order valence-corrected chi connectivity index (χ2v) is 3.69. The highest BCUT2D eigenvalue weighted by atomic mass is 16.5. The molecular formula is C13H19NO3. The summed E-state index contributed by atoms with van der Waals surface area (Å²) in [6.07, 6.45) is -0.0552. The summed E-state index contributed by atoms with van der Waals surface area (Å²) in [4.78, 5) is 4.30. The van der Waals surface area contributed by atoms with Gasteiger partial charge in [-0.05, 0) is 38.1 Å². The summed E-state index contributed by atoms with van der Waals surface area (Å²) >= 11 is 0. The van der Waals surface area contributed by atoms with E-state index >= 15 is 0 Å². The zero-order chi connectivity index (χ0) is 12.7. The number of aliphatic imine (C=N–C) groups is 1. The van der Waals surface area contributed by atoms with Crippen LogP contribution in [0.1, 0.15) is 20.3 Å². The zero-order valence-electron chi connectivity index (χ0n) is 10.5. The molecule has 0 fully saturated rings. The van der Waals surface area contributed by atoms with E-state index in [2.05, 4.69) is 4.99 Å². The summed E-state index contributed by atoms with van der Waals surface area (Å²) in [5.74, 6) is 1.34. The Balaban J connectivity index is 2.74. The second kappa shape index (κ2) is 6.91. The van der Waals surface area contributed by atoms with Crippen molar-refractivity contribution in [2.24, 2.45) is 4.99 Å². The van der Waals surface area contributed by atoms with Crippen molar-refractivity contribution in [1.29, 1.82) is 0 Å². The molecule has 0 aliphatic carbocycles. The van der Waals surface area contributed by atoms with Gasteiger partial charge in [-0.1, -0.05) is 0 Å². The molecule has 0 radical (unpaired) electrons. The predicted molar refractivity (Wildman–Crippen MR) is 68.0 cm³/mol. The molecule has 0 saturated carbocycles. The van der Waals surface area contributed by atoms with E-state index in [9.17, 15) is 5.11 Å². The van der Waals surface area contributed by atoms with E-state index in [1.54, 1.807) is 14.0 Å². The highest BCUT2D eigenvalue weighted by Gasteiger charge is 2.04. The third-order valence-corrected chi connectivity index (χ3v) is 2.11. The molecule has 0 bridgehead atoms. The topological polar surface area (TPSA) is 51.0 Å². The Hall–Kier alpha value is -1.55. The summed E-state index contributed by atoms with van der Waals surface area (Å²) in [5.41, 5.74) is 0.783. The van der Waals surface area contributed by atoms with Crippen molar-refractivity contribution in [3.63, 3.8) is 0 Å². The Kier molecular flexibility index (Phi) is 5.49. The number of nitrogens with zero attached hydrogens (tertiary/aromatic N) is 1. The lowest BCUT2D eigenvalue weighted by molar-refractivity contribution is 0.194. The van der Waals surface area contributed by atoms with Crippen molar-refractivity contribution in [1.82, 2.24) is 0 Å². The smallest absolute Gasteiger partial charge is 0.190 e. The fourth-order valence-corrected chi connectivity index (χ4v) is 1.35. The number of methoxy groups -OCH3 is 1. The van der Waals surface area contributed by atoms with Crippen molar-refractivity contribution < 1.29 is 14.6 Å². The maximum absolute atomic E-state index is 9.27. The first-order valence-corrected chi connectivity index (χ1v) is 5.68. The van der Waals surface area contributed by atoms with Gasteiger partial charge in [-0.25, -0.2) is 4.99 Å². The first kappa shape index (κ1) is 13.5. The van der Waals surface area contributed by atoms with Crippen LogP contribution >= 0.6 is 0 Å². The zero-order valence-corrected chi connectivity index (χ0v) is 10.5. The van der Waals surface area contributed by atoms with Gasteiger partial charge in [-0.15, -0.1) is 0 Å². The van der Waals surface area contributed by atoms with Gasteiger partial charge >= 0.3 is 0 Å². The van der Waals surface area contributed by atoms with Crippen LogP contribution in [0.3, 0.4) is 0 Å². The molecule has 0 heterocycles. The number of ether oxygens (including phenoxy) is 2. The van der Waals surface area contributed by atoms with Crippen LogP contribution in [0, 0.1) is 0 Å². The average molecular weight is 237 g/mol. The van der Waals surface area contributed by atoms with Crippen LogP contribution in [0.4, 0.5) is 5.69 Å². The lowest BCUT2D eigenvalue weighted by atomic mass is 10.2. The average Bonchev–Trinajstić information content (AvgIpc) is 2.30. The summed E-state index contributed by atoms with van der Waals surface area (Å²) < 4.78 is 10.4. The molecule has 0 aromatic heterocycles. The number of rotatable bonds is 5. The van der Waals surface area contributed by atoms with Gasteiger partial charge in [0.15, 0.2) is 5.90 Å². The van der Waals surface area contributed by atoms with Crippen molar-refractivity contribution in [3.8, 4) is 5.75 Å². The van der Waals surface area contributed by atoms with Crippen molar-refractivity contribution >= 4 is 11.6 Å². The van der Waals surface area contributed by atoms with E-state index in [4.69, 9.17) is 9.47 Å². The van der Waals surface area contributed by atoms with Gasteiger partial charge in [0.05, 0.1) is 25.5 Å². The van der Waals surface area contributed by atoms with Gasteiger partial charge in [0.2, 0.25) is 0 Å². The fourth-order valence-electron chi connectivity index (χ4n) is 1.35. The molecule has 4 nitrogen and oxygen atoms in total. The Morgan fingerprint density at radius 1 is 1.35 bits per heavy atom. The molecule has 94 valence electrons. The highest BCUT2D eigenvalue weighted by Crippen LogP contribution is 2.18. The molecule has 1 aromatic carbocycles. The van der Waals surface area contributed by atoms with Gasteiger partial charge in [0.1, 0.15) is 5.75 Å². The van der Waals surface area contributed by atoms with E-state index in [0.717, 1.165) is 11.4 Å². The third-order valence-electron chi connectivity index (χ3n) is 2.11. The largest absolute Gasteiger partial charge is 0.494 e. The van der Waals surface area contributed by atoms with E-state index in [1.807, 2.05) is 31.2 Å². The van der Waals surface area contributed by atoms with Gasteiger partial charge in [0.25, 0.3) is 0 Å². The van der Waals surface area contributed by atoms with E-state index in [1.165, 1.54) is 0 Å². The van der Waals surface area contributed by atoms with Crippen molar-refractivity contribution in [2.45, 2.75) is 26.4 Å². The summed E-state index contributed by atoms with van der Waals surface area (Å²) in [6.45, 7) is 4.29. The third kappa shape index (κ3) is 4.87. The van der Waals surface area contributed by atoms with Crippen molar-refractivity contribution in [2.75, 3.05) is 13.7 Å². The Bertz CT molecular complexity index is 357. The minimum Gasteiger partial charge on any atom is -0.494 e. The van der Waals surface area contributed by atoms with Crippen LogP contribution in [-0.2, 0) is 4.74 Å². The fraction of sp³-hybridized carbons (Fsp3) is 0.462. The SMILES string of the molecule is CCOc1ccc(N=C(CC(C)O)OC)cc1. The molecule has 0 aliphatic rings. The first-order valence-electron chi connectivity index (χ1n) is 5.68. The quantitative estimate of drug-likeness (QED) is 0.632. The van der Waals surface area contributed by atoms with Crippen LogP contribution in [0.5, 0.6) is 5.75 Å². The number of hydrogen-bond donors (Lipinski definition) is 1. The normalized spacial score (nSPS) is 13.3. The number of benzene rings is 1. The molecule has 1 unspecified atom stereocenters. The molecule has 4 heteroatoms. The van der Waals surface area contributed by atoms with E-state index < -0.39 is 6.10 Å². The van der Waals surface area contributed by atoms with Gasteiger partial charge in [-0.3, -0.25) is 0 Å². The molecule has 1 N–H and O–H groups in total. The molecule has 1 aromatic rings. The maximum atomic E-state index is 9.27. The highest BCUT2D eigenvalue weighted by molar-refractivity contribution is 5.79. The number of aliphatic hydroxyl groups is 1. The van der Waals surface area contributed by atoms with E-state index in [0.29, 0.717) is 18.9 Å². The molecule has 1 rings (SSSR count). The monoisotopic (exact) mass is 237 g/mol. The van der Waals surface area contributed by atoms with Gasteiger partial charge < -0.3 is 14.6 Å². The first-order chi connectivity index (χ1) is 8.15. The Morgan fingerprint density at radius 2 is 2.00 bits per heavy atom. The molecule has 0 amide bonds. The molecular weight excluding hydrogens is 218 g/mol. The Morgan fingerprint density at radius 3 is 2.47 bits per heavy atom. The maximum Gasteiger partial charge on any atom is 0.190 e. The van der Waals surface area contributed by atoms with Gasteiger partial charge in [0, 0.05) is 6.42 Å². The minimum absolute atomic E-state index is 0.406. The molecule has 0 aliphatic heterocycles. The molecule has 17 heavy (non-hydrogen) atoms. The number of hydrogen-bond acceptors (Lipinski definition) is 4. The Labute approximate surface area is 102 Å². The summed E-state index contributed by atoms with van der Waals surface area (Å²) in [7, 11) is 1.55. The predicted octanol–water partition coefficient (Wildman–Crippen LogP) is 2.53. The number of aliphatic hydroxyl groups excluding tert-OH is 1. The summed E-state index contributed by atoms with van der Waals surface area (Å²) in [6, 6.07) is 7.42. The van der Waals surface area contributed by atoms with Crippen molar-refractivity contribution in [3.05, 3.63) is 24.3 Å². The molecule has 0 spiro atoms. The van der Waals surface area contributed by atoms with Crippen LogP contribution in [0.25, 0.3) is 0 Å². The van der Waals surface area contributed by atoms with E-state index in [-0.39, 0.29) is 0 Å². The summed E-state index contributed by atoms with van der Waals surface area (Å²) in [5, 5.41) is 9.27. The minimum atomic E-state index is -0.462. The lowest BCUT2D eigenvalue weighted by Gasteiger charge is -2.07. The van der Waals surface area contributed by atoms with Crippen LogP contribution < -0.4 is 4.74 Å². The van der Waals surface area contributed by atoms with Crippen LogP contribution in [0.2, 0.25) is 0 Å². The van der Waals surface area contributed by atoms with Crippen LogP contribution in [-0.4, -0.2) is 30.8 Å². The standard InChI is InChI=1S/C13H19NO3/c1-4-17-12-7-5-11(6-8-12)14-13(16-3)9-10(2)15/h5-8,10,15H,4,9H2,1-3H3.